The number of benzene rings is 1. The predicted molar refractivity (Wildman–Crippen MR) is 72.7 cm³/mol. The van der Waals surface area contributed by atoms with Crippen LogP contribution in [0.4, 0.5) is 5.95 Å². The van der Waals surface area contributed by atoms with Gasteiger partial charge in [-0.1, -0.05) is 12.1 Å². The third-order valence-electron chi connectivity index (χ3n) is 2.94. The fraction of sp³-hybridized carbons (Fsp3) is 0.0714. The normalized spacial score (nSPS) is 10.5. The molecule has 2 N–H and O–H groups in total. The summed E-state index contributed by atoms with van der Waals surface area (Å²) >= 11 is 0. The van der Waals surface area contributed by atoms with Crippen molar-refractivity contribution in [3.05, 3.63) is 47.7 Å². The molecule has 92 valence electrons. The molecule has 0 spiro atoms. The van der Waals surface area contributed by atoms with E-state index in [9.17, 15) is 5.26 Å². The van der Waals surface area contributed by atoms with Gasteiger partial charge in [0, 0.05) is 5.69 Å². The van der Waals surface area contributed by atoms with Gasteiger partial charge in [0.1, 0.15) is 11.6 Å². The number of aromatic nitrogens is 3. The van der Waals surface area contributed by atoms with Crippen LogP contribution in [0, 0.1) is 18.3 Å². The second-order valence-electron chi connectivity index (χ2n) is 4.23. The number of imidazole rings is 1. The Morgan fingerprint density at radius 3 is 2.74 bits per heavy atom. The van der Waals surface area contributed by atoms with Crippen molar-refractivity contribution in [2.24, 2.45) is 0 Å². The average Bonchev–Trinajstić information content (AvgIpc) is 2.74. The number of pyridine rings is 1. The number of rotatable bonds is 1. The van der Waals surface area contributed by atoms with Crippen molar-refractivity contribution < 1.29 is 0 Å². The molecule has 3 rings (SSSR count). The number of nitrogens with zero attached hydrogens (tertiary/aromatic N) is 4. The molecule has 0 fully saturated rings. The van der Waals surface area contributed by atoms with Gasteiger partial charge in [-0.2, -0.15) is 5.26 Å². The van der Waals surface area contributed by atoms with E-state index >= 15 is 0 Å². The third-order valence-corrected chi connectivity index (χ3v) is 2.94. The van der Waals surface area contributed by atoms with Crippen LogP contribution in [0.5, 0.6) is 0 Å². The molecule has 3 aromatic rings. The van der Waals surface area contributed by atoms with Crippen molar-refractivity contribution in [2.75, 3.05) is 5.73 Å². The number of nitrogen functional groups attached to an aromatic ring is 1. The minimum atomic E-state index is 0.329. The second-order valence-corrected chi connectivity index (χ2v) is 4.23. The first-order valence-electron chi connectivity index (χ1n) is 5.82. The van der Waals surface area contributed by atoms with Crippen LogP contribution in [0.3, 0.4) is 0 Å². The van der Waals surface area contributed by atoms with Gasteiger partial charge in [-0.15, -0.1) is 0 Å². The highest BCUT2D eigenvalue weighted by molar-refractivity contribution is 5.78. The van der Waals surface area contributed by atoms with Gasteiger partial charge in [-0.05, 0) is 31.2 Å². The van der Waals surface area contributed by atoms with E-state index in [4.69, 9.17) is 5.73 Å². The van der Waals surface area contributed by atoms with E-state index in [1.54, 1.807) is 10.6 Å². The molecule has 0 saturated heterocycles. The molecule has 0 bridgehead atoms. The fourth-order valence-electron chi connectivity index (χ4n) is 2.07. The van der Waals surface area contributed by atoms with Gasteiger partial charge in [0.15, 0.2) is 5.65 Å². The first-order chi connectivity index (χ1) is 9.20. The maximum absolute atomic E-state index is 9.19. The second kappa shape index (κ2) is 4.10. The Morgan fingerprint density at radius 1 is 1.16 bits per heavy atom. The van der Waals surface area contributed by atoms with Crippen molar-refractivity contribution in [2.45, 2.75) is 6.92 Å². The Hall–Kier alpha value is -2.87. The molecule has 19 heavy (non-hydrogen) atoms. The number of hydrogen-bond donors (Lipinski definition) is 1. The number of para-hydroxylation sites is 1. The van der Waals surface area contributed by atoms with Gasteiger partial charge in [-0.3, -0.25) is 4.57 Å². The third kappa shape index (κ3) is 1.70. The number of fused-ring (bicyclic) bond motifs is 1. The van der Waals surface area contributed by atoms with Crippen LogP contribution < -0.4 is 5.73 Å². The number of aryl methyl sites for hydroxylation is 1. The van der Waals surface area contributed by atoms with E-state index in [0.717, 1.165) is 11.2 Å². The summed E-state index contributed by atoms with van der Waals surface area (Å²) in [5, 5.41) is 9.19. The van der Waals surface area contributed by atoms with Crippen LogP contribution in [0.25, 0.3) is 16.9 Å². The molecule has 0 radical (unpaired) electrons. The standard InChI is InChI=1S/C14H11N5/c1-9-6-7-11-13(17-9)19(14(16)18-11)12-5-3-2-4-10(12)8-15/h2-7H,1H3,(H2,16,18). The molecule has 0 aliphatic heterocycles. The monoisotopic (exact) mass is 249 g/mol. The highest BCUT2D eigenvalue weighted by atomic mass is 15.2. The molecule has 1 aromatic carbocycles. The van der Waals surface area contributed by atoms with E-state index in [1.165, 1.54) is 0 Å². The molecule has 0 aliphatic carbocycles. The summed E-state index contributed by atoms with van der Waals surface area (Å²) in [7, 11) is 0. The fourth-order valence-corrected chi connectivity index (χ4v) is 2.07. The van der Waals surface area contributed by atoms with Gasteiger partial charge >= 0.3 is 0 Å². The van der Waals surface area contributed by atoms with Crippen LogP contribution in [0.1, 0.15) is 11.3 Å². The van der Waals surface area contributed by atoms with E-state index < -0.39 is 0 Å². The zero-order valence-electron chi connectivity index (χ0n) is 10.3. The van der Waals surface area contributed by atoms with E-state index in [-0.39, 0.29) is 0 Å². The van der Waals surface area contributed by atoms with Crippen molar-refractivity contribution >= 4 is 17.1 Å². The Morgan fingerprint density at radius 2 is 1.95 bits per heavy atom. The number of nitriles is 1. The minimum absolute atomic E-state index is 0.329. The lowest BCUT2D eigenvalue weighted by molar-refractivity contribution is 1.07. The van der Waals surface area contributed by atoms with E-state index in [0.29, 0.717) is 22.8 Å². The first-order valence-corrected chi connectivity index (χ1v) is 5.82. The maximum Gasteiger partial charge on any atom is 0.207 e. The summed E-state index contributed by atoms with van der Waals surface area (Å²) in [6, 6.07) is 13.2. The van der Waals surface area contributed by atoms with Gasteiger partial charge in [0.2, 0.25) is 5.95 Å². The molecule has 5 heteroatoms. The Bertz CT molecular complexity index is 810. The zero-order chi connectivity index (χ0) is 13.4. The SMILES string of the molecule is Cc1ccc2nc(N)n(-c3ccccc3C#N)c2n1. The number of nitrogens with two attached hydrogens (primary N) is 1. The summed E-state index contributed by atoms with van der Waals surface area (Å²) in [4.78, 5) is 8.73. The molecule has 0 atom stereocenters. The van der Waals surface area contributed by atoms with Crippen LogP contribution in [-0.2, 0) is 0 Å². The molecular formula is C14H11N5. The zero-order valence-corrected chi connectivity index (χ0v) is 10.3. The molecule has 0 unspecified atom stereocenters. The van der Waals surface area contributed by atoms with Crippen LogP contribution in [0.15, 0.2) is 36.4 Å². The van der Waals surface area contributed by atoms with Crippen molar-refractivity contribution in [3.63, 3.8) is 0 Å². The van der Waals surface area contributed by atoms with Crippen molar-refractivity contribution in [3.8, 4) is 11.8 Å². The minimum Gasteiger partial charge on any atom is -0.369 e. The van der Waals surface area contributed by atoms with E-state index in [2.05, 4.69) is 16.0 Å². The molecule has 2 aromatic heterocycles. The topological polar surface area (TPSA) is 80.5 Å². The van der Waals surface area contributed by atoms with Gasteiger partial charge in [-0.25, -0.2) is 9.97 Å². The molecule has 2 heterocycles. The summed E-state index contributed by atoms with van der Waals surface area (Å²) in [6.45, 7) is 1.91. The largest absolute Gasteiger partial charge is 0.369 e. The molecule has 0 aliphatic rings. The lowest BCUT2D eigenvalue weighted by atomic mass is 10.2. The Kier molecular flexibility index (Phi) is 2.43. The van der Waals surface area contributed by atoms with Crippen LogP contribution in [0.2, 0.25) is 0 Å². The smallest absolute Gasteiger partial charge is 0.207 e. The lowest BCUT2D eigenvalue weighted by Gasteiger charge is -2.07. The molecule has 5 nitrogen and oxygen atoms in total. The molecule has 0 saturated carbocycles. The Balaban J connectivity index is 2.39. The first kappa shape index (κ1) is 11.2. The van der Waals surface area contributed by atoms with E-state index in [1.807, 2.05) is 37.3 Å². The summed E-state index contributed by atoms with van der Waals surface area (Å²) in [5.41, 5.74) is 9.46. The van der Waals surface area contributed by atoms with Gasteiger partial charge < -0.3 is 5.73 Å². The summed E-state index contributed by atoms with van der Waals surface area (Å²) in [6.07, 6.45) is 0. The van der Waals surface area contributed by atoms with Crippen molar-refractivity contribution in [1.29, 1.82) is 5.26 Å². The predicted octanol–water partition coefficient (Wildman–Crippen LogP) is 2.18. The highest BCUT2D eigenvalue weighted by Gasteiger charge is 2.13. The van der Waals surface area contributed by atoms with Gasteiger partial charge in [0.05, 0.1) is 11.3 Å². The number of anilines is 1. The van der Waals surface area contributed by atoms with Crippen molar-refractivity contribution in [1.82, 2.24) is 14.5 Å². The maximum atomic E-state index is 9.19. The number of hydrogen-bond acceptors (Lipinski definition) is 4. The Labute approximate surface area is 109 Å². The lowest BCUT2D eigenvalue weighted by Crippen LogP contribution is -2.03. The quantitative estimate of drug-likeness (QED) is 0.716. The molecular weight excluding hydrogens is 238 g/mol. The molecule has 0 amide bonds. The van der Waals surface area contributed by atoms with Crippen LogP contribution in [-0.4, -0.2) is 14.5 Å². The van der Waals surface area contributed by atoms with Gasteiger partial charge in [0.25, 0.3) is 0 Å². The van der Waals surface area contributed by atoms with Crippen LogP contribution >= 0.6 is 0 Å². The summed E-state index contributed by atoms with van der Waals surface area (Å²) in [5.74, 6) is 0.329. The summed E-state index contributed by atoms with van der Waals surface area (Å²) < 4.78 is 1.71. The average molecular weight is 249 g/mol. The highest BCUT2D eigenvalue weighted by Crippen LogP contribution is 2.23.